The number of aryl methyl sites for hydroxylation is 2. The second-order valence-corrected chi connectivity index (χ2v) is 4.65. The molecule has 0 unspecified atom stereocenters. The largest absolute Gasteiger partial charge is 0.371 e. The predicted octanol–water partition coefficient (Wildman–Crippen LogP) is 1.63. The first-order valence-electron chi connectivity index (χ1n) is 6.76. The van der Waals surface area contributed by atoms with Crippen molar-refractivity contribution < 1.29 is 4.84 Å². The monoisotopic (exact) mass is 286 g/mol. The maximum Gasteiger partial charge on any atom is 0.350 e. The molecule has 0 fully saturated rings. The van der Waals surface area contributed by atoms with Crippen LogP contribution >= 0.6 is 0 Å². The molecular formula is C15H18N4O2. The molecule has 0 aliphatic heterocycles. The molecule has 2 rings (SSSR count). The van der Waals surface area contributed by atoms with Gasteiger partial charge in [0.1, 0.15) is 5.82 Å². The summed E-state index contributed by atoms with van der Waals surface area (Å²) in [4.78, 5) is 25.6. The number of rotatable bonds is 7. The molecular weight excluding hydrogens is 268 g/mol. The summed E-state index contributed by atoms with van der Waals surface area (Å²) in [6.07, 6.45) is 5.36. The third kappa shape index (κ3) is 4.54. The van der Waals surface area contributed by atoms with Gasteiger partial charge in [0.25, 0.3) is 0 Å². The van der Waals surface area contributed by atoms with Crippen LogP contribution in [0.3, 0.4) is 0 Å². The first kappa shape index (κ1) is 14.9. The van der Waals surface area contributed by atoms with Crippen LogP contribution < -0.4 is 16.4 Å². The molecule has 1 aromatic carbocycles. The van der Waals surface area contributed by atoms with Crippen LogP contribution in [-0.2, 0) is 12.8 Å². The van der Waals surface area contributed by atoms with Crippen LogP contribution in [0.5, 0.6) is 6.01 Å². The highest BCUT2D eigenvalue weighted by Crippen LogP contribution is 2.10. The maximum atomic E-state index is 11.2. The summed E-state index contributed by atoms with van der Waals surface area (Å²) in [5.41, 5.74) is 1.90. The second kappa shape index (κ2) is 7.35. The van der Waals surface area contributed by atoms with Crippen molar-refractivity contribution in [1.29, 1.82) is 0 Å². The summed E-state index contributed by atoms with van der Waals surface area (Å²) >= 11 is 0. The molecule has 0 aliphatic carbocycles. The van der Waals surface area contributed by atoms with Gasteiger partial charge in [0.15, 0.2) is 0 Å². The van der Waals surface area contributed by atoms with Crippen molar-refractivity contribution in [3.8, 4) is 6.01 Å². The van der Waals surface area contributed by atoms with Crippen LogP contribution in [0.1, 0.15) is 29.8 Å². The van der Waals surface area contributed by atoms with Crippen molar-refractivity contribution >= 4 is 6.08 Å². The Morgan fingerprint density at radius 1 is 1.19 bits per heavy atom. The highest BCUT2D eigenvalue weighted by atomic mass is 16.6. The third-order valence-electron chi connectivity index (χ3n) is 3.13. The minimum Gasteiger partial charge on any atom is -0.371 e. The first-order chi connectivity index (χ1) is 10.2. The normalized spacial score (nSPS) is 10.3. The number of nitrogens with two attached hydrogens (primary N) is 1. The molecule has 0 bridgehead atoms. The smallest absolute Gasteiger partial charge is 0.350 e. The summed E-state index contributed by atoms with van der Waals surface area (Å²) in [6.45, 7) is 3.73. The predicted molar refractivity (Wildman–Crippen MR) is 80.6 cm³/mol. The average Bonchev–Trinajstić information content (AvgIpc) is 2.51. The number of hydrogen-bond acceptors (Lipinski definition) is 5. The number of H-pyrrole nitrogens is 1. The topological polar surface area (TPSA) is 93.9 Å². The molecule has 0 spiro atoms. The van der Waals surface area contributed by atoms with Crippen LogP contribution in [0, 0.1) is 0 Å². The molecule has 0 saturated heterocycles. The zero-order chi connectivity index (χ0) is 15.1. The van der Waals surface area contributed by atoms with Gasteiger partial charge < -0.3 is 4.84 Å². The van der Waals surface area contributed by atoms with Gasteiger partial charge in [0, 0.05) is 6.42 Å². The highest BCUT2D eigenvalue weighted by Gasteiger charge is 2.03. The van der Waals surface area contributed by atoms with E-state index in [0.717, 1.165) is 24.8 Å². The quantitative estimate of drug-likeness (QED) is 0.596. The minimum absolute atomic E-state index is 0.103. The lowest BCUT2D eigenvalue weighted by molar-refractivity contribution is 0.301. The zero-order valence-electron chi connectivity index (χ0n) is 11.7. The molecule has 0 aliphatic rings. The Labute approximate surface area is 122 Å². The molecule has 6 heteroatoms. The van der Waals surface area contributed by atoms with E-state index in [9.17, 15) is 4.79 Å². The van der Waals surface area contributed by atoms with Gasteiger partial charge in [-0.1, -0.05) is 36.9 Å². The summed E-state index contributed by atoms with van der Waals surface area (Å²) in [5.74, 6) is 5.50. The molecule has 3 N–H and O–H groups in total. The van der Waals surface area contributed by atoms with Crippen LogP contribution in [-0.4, -0.2) is 15.0 Å². The van der Waals surface area contributed by atoms with E-state index in [1.165, 1.54) is 5.56 Å². The van der Waals surface area contributed by atoms with Gasteiger partial charge in [-0.15, -0.1) is 4.98 Å². The Balaban J connectivity index is 1.82. The van der Waals surface area contributed by atoms with Crippen molar-refractivity contribution in [3.63, 3.8) is 0 Å². The fourth-order valence-corrected chi connectivity index (χ4v) is 2.02. The Bertz CT molecular complexity index is 649. The van der Waals surface area contributed by atoms with E-state index in [0.29, 0.717) is 12.2 Å². The molecule has 1 aromatic heterocycles. The van der Waals surface area contributed by atoms with Gasteiger partial charge in [0.2, 0.25) is 0 Å². The van der Waals surface area contributed by atoms with Crippen LogP contribution in [0.4, 0.5) is 0 Å². The maximum absolute atomic E-state index is 11.2. The van der Waals surface area contributed by atoms with E-state index in [1.54, 1.807) is 0 Å². The van der Waals surface area contributed by atoms with E-state index >= 15 is 0 Å². The van der Waals surface area contributed by atoms with Crippen molar-refractivity contribution in [2.24, 2.45) is 5.90 Å². The molecule has 110 valence electrons. The molecule has 21 heavy (non-hydrogen) atoms. The number of hydrogen-bond donors (Lipinski definition) is 2. The Kier molecular flexibility index (Phi) is 5.22. The van der Waals surface area contributed by atoms with Crippen molar-refractivity contribution in [2.45, 2.75) is 25.7 Å². The SMILES string of the molecule is C=Cc1ccc(CCCCc2nc(ON)nc(=O)[nH]2)cc1. The standard InChI is InChI=1S/C15H18N4O2/c1-2-11-7-9-12(10-8-11)5-3-4-6-13-17-14(20)19-15(18-13)21-16/h2,7-10H,1,3-6,16H2,(H,17,18,19,20). The number of benzene rings is 1. The lowest BCUT2D eigenvalue weighted by Crippen LogP contribution is -2.19. The summed E-state index contributed by atoms with van der Waals surface area (Å²) < 4.78 is 0. The number of unbranched alkanes of at least 4 members (excludes halogenated alkanes) is 1. The fourth-order valence-electron chi connectivity index (χ4n) is 2.02. The van der Waals surface area contributed by atoms with Gasteiger partial charge in [-0.25, -0.2) is 4.79 Å². The van der Waals surface area contributed by atoms with Crippen molar-refractivity contribution in [2.75, 3.05) is 0 Å². The molecule has 0 radical (unpaired) electrons. The van der Waals surface area contributed by atoms with Crippen LogP contribution in [0.2, 0.25) is 0 Å². The van der Waals surface area contributed by atoms with E-state index < -0.39 is 5.69 Å². The molecule has 0 saturated carbocycles. The molecule has 1 heterocycles. The number of aromatic amines is 1. The second-order valence-electron chi connectivity index (χ2n) is 4.65. The summed E-state index contributed by atoms with van der Waals surface area (Å²) in [6, 6.07) is 8.20. The zero-order valence-corrected chi connectivity index (χ0v) is 11.7. The number of nitrogens with zero attached hydrogens (tertiary/aromatic N) is 2. The molecule has 6 nitrogen and oxygen atoms in total. The molecule has 2 aromatic rings. The highest BCUT2D eigenvalue weighted by molar-refractivity contribution is 5.47. The minimum atomic E-state index is -0.500. The Hall–Kier alpha value is -2.47. The summed E-state index contributed by atoms with van der Waals surface area (Å²) in [7, 11) is 0. The molecule has 0 atom stereocenters. The molecule has 0 amide bonds. The van der Waals surface area contributed by atoms with Gasteiger partial charge >= 0.3 is 11.7 Å². The van der Waals surface area contributed by atoms with Gasteiger partial charge in [-0.05, 0) is 30.4 Å². The van der Waals surface area contributed by atoms with Crippen LogP contribution in [0.25, 0.3) is 6.08 Å². The number of aromatic nitrogens is 3. The Morgan fingerprint density at radius 2 is 1.90 bits per heavy atom. The lowest BCUT2D eigenvalue weighted by atomic mass is 10.1. The van der Waals surface area contributed by atoms with E-state index in [4.69, 9.17) is 5.90 Å². The van der Waals surface area contributed by atoms with E-state index in [2.05, 4.69) is 50.6 Å². The van der Waals surface area contributed by atoms with Crippen molar-refractivity contribution in [1.82, 2.24) is 15.0 Å². The lowest BCUT2D eigenvalue weighted by Gasteiger charge is -2.03. The third-order valence-corrected chi connectivity index (χ3v) is 3.13. The first-order valence-corrected chi connectivity index (χ1v) is 6.76. The van der Waals surface area contributed by atoms with Crippen LogP contribution in [0.15, 0.2) is 35.6 Å². The van der Waals surface area contributed by atoms with Gasteiger partial charge in [-0.3, -0.25) is 4.98 Å². The Morgan fingerprint density at radius 3 is 2.57 bits per heavy atom. The van der Waals surface area contributed by atoms with Gasteiger partial charge in [-0.2, -0.15) is 10.9 Å². The van der Waals surface area contributed by atoms with E-state index in [-0.39, 0.29) is 6.01 Å². The number of nitrogens with one attached hydrogen (secondary N) is 1. The average molecular weight is 286 g/mol. The summed E-state index contributed by atoms with van der Waals surface area (Å²) in [5, 5.41) is 0. The van der Waals surface area contributed by atoms with E-state index in [1.807, 2.05) is 6.08 Å². The van der Waals surface area contributed by atoms with Crippen molar-refractivity contribution in [3.05, 3.63) is 58.3 Å². The fraction of sp³-hybridized carbons (Fsp3) is 0.267. The van der Waals surface area contributed by atoms with Gasteiger partial charge in [0.05, 0.1) is 0 Å².